The maximum Gasteiger partial charge on any atom is 0.524 e. The highest BCUT2D eigenvalue weighted by Crippen LogP contribution is 2.37. The van der Waals surface area contributed by atoms with Gasteiger partial charge in [0.25, 0.3) is 5.65 Å². The number of rotatable bonds is 4. The van der Waals surface area contributed by atoms with Gasteiger partial charge >= 0.3 is 13.4 Å². The summed E-state index contributed by atoms with van der Waals surface area (Å²) in [4.78, 5) is 45.8. The first-order chi connectivity index (χ1) is 14.9. The summed E-state index contributed by atoms with van der Waals surface area (Å²) >= 11 is 0. The Kier molecular flexibility index (Phi) is 4.23. The molecule has 31 heavy (non-hydrogen) atoms. The molecular weight excluding hydrogens is 423 g/mol. The van der Waals surface area contributed by atoms with Gasteiger partial charge < -0.3 is 4.52 Å². The van der Waals surface area contributed by atoms with Gasteiger partial charge in [-0.25, -0.2) is 9.36 Å². The number of imidazole rings is 1. The average molecular weight is 437 g/mol. The monoisotopic (exact) mass is 437 g/mol. The molecule has 0 aliphatic carbocycles. The predicted octanol–water partition coefficient (Wildman–Crippen LogP) is 3.08. The second kappa shape index (κ2) is 6.85. The topological polar surface area (TPSA) is 138 Å². The zero-order valence-corrected chi connectivity index (χ0v) is 16.6. The molecule has 0 saturated heterocycles. The number of aromatic nitrogens is 3. The van der Waals surface area contributed by atoms with Gasteiger partial charge in [0.1, 0.15) is 17.6 Å². The van der Waals surface area contributed by atoms with E-state index < -0.39 is 7.82 Å². The highest BCUT2D eigenvalue weighted by atomic mass is 31.2. The Bertz CT molecular complexity index is 1600. The van der Waals surface area contributed by atoms with Crippen molar-refractivity contribution in [1.29, 1.82) is 0 Å². The summed E-state index contributed by atoms with van der Waals surface area (Å²) in [6, 6.07) is 16.3. The fourth-order valence-electron chi connectivity index (χ4n) is 3.67. The van der Waals surface area contributed by atoms with Crippen LogP contribution in [0.25, 0.3) is 33.3 Å². The minimum atomic E-state index is -4.77. The SMILES string of the molecule is O=Nc1ccc(-n2c(=O)c3ccccc3c3[nH]c4ccc(OP(=O)(O)O)c[n+]4c32)cc1. The number of aromatic amines is 1. The van der Waals surface area contributed by atoms with E-state index in [2.05, 4.69) is 10.2 Å². The molecule has 11 heteroatoms. The zero-order chi connectivity index (χ0) is 21.8. The van der Waals surface area contributed by atoms with Crippen LogP contribution in [0.5, 0.6) is 5.75 Å². The van der Waals surface area contributed by atoms with E-state index in [-0.39, 0.29) is 17.0 Å². The second-order valence-corrected chi connectivity index (χ2v) is 7.98. The smallest absolute Gasteiger partial charge is 0.401 e. The molecule has 0 unspecified atom stereocenters. The van der Waals surface area contributed by atoms with Crippen molar-refractivity contribution in [1.82, 2.24) is 9.55 Å². The predicted molar refractivity (Wildman–Crippen MR) is 113 cm³/mol. The summed E-state index contributed by atoms with van der Waals surface area (Å²) in [6.07, 6.45) is 1.39. The van der Waals surface area contributed by atoms with Crippen LogP contribution in [0.2, 0.25) is 0 Å². The van der Waals surface area contributed by atoms with Crippen molar-refractivity contribution >= 4 is 41.1 Å². The molecule has 0 radical (unpaired) electrons. The van der Waals surface area contributed by atoms with Crippen molar-refractivity contribution in [2.24, 2.45) is 5.18 Å². The van der Waals surface area contributed by atoms with Crippen molar-refractivity contribution in [2.75, 3.05) is 0 Å². The van der Waals surface area contributed by atoms with E-state index in [0.717, 1.165) is 0 Å². The molecular formula is C20H14N4O6P+. The molecule has 0 saturated carbocycles. The highest BCUT2D eigenvalue weighted by molar-refractivity contribution is 7.46. The van der Waals surface area contributed by atoms with Gasteiger partial charge in [0.05, 0.1) is 5.39 Å². The van der Waals surface area contributed by atoms with E-state index >= 15 is 0 Å². The summed E-state index contributed by atoms with van der Waals surface area (Å²) < 4.78 is 19.0. The van der Waals surface area contributed by atoms with Crippen LogP contribution in [-0.2, 0) is 4.57 Å². The van der Waals surface area contributed by atoms with E-state index in [9.17, 15) is 14.3 Å². The molecule has 0 aliphatic rings. The van der Waals surface area contributed by atoms with Crippen molar-refractivity contribution in [2.45, 2.75) is 0 Å². The molecule has 5 aromatic rings. The maximum absolute atomic E-state index is 13.4. The number of benzene rings is 2. The van der Waals surface area contributed by atoms with Crippen LogP contribution in [0, 0.1) is 4.91 Å². The number of H-pyrrole nitrogens is 1. The molecule has 3 heterocycles. The molecule has 0 amide bonds. The van der Waals surface area contributed by atoms with Gasteiger partial charge in [0.15, 0.2) is 11.3 Å². The maximum atomic E-state index is 13.4. The summed E-state index contributed by atoms with van der Waals surface area (Å²) in [6.45, 7) is 0. The Morgan fingerprint density at radius 2 is 1.71 bits per heavy atom. The summed E-state index contributed by atoms with van der Waals surface area (Å²) in [5.74, 6) is -0.0700. The largest absolute Gasteiger partial charge is 0.524 e. The lowest BCUT2D eigenvalue weighted by Gasteiger charge is -2.07. The Morgan fingerprint density at radius 1 is 1.00 bits per heavy atom. The number of phosphoric acid groups is 1. The number of fused-ring (bicyclic) bond motifs is 5. The van der Waals surface area contributed by atoms with Gasteiger partial charge in [0, 0.05) is 11.5 Å². The van der Waals surface area contributed by atoms with E-state index in [4.69, 9.17) is 14.3 Å². The van der Waals surface area contributed by atoms with Crippen LogP contribution in [0.15, 0.2) is 76.8 Å². The molecule has 0 fully saturated rings. The van der Waals surface area contributed by atoms with Crippen LogP contribution in [0.4, 0.5) is 5.69 Å². The second-order valence-electron chi connectivity index (χ2n) is 6.82. The Morgan fingerprint density at radius 3 is 2.39 bits per heavy atom. The number of nitrogens with zero attached hydrogens (tertiary/aromatic N) is 3. The number of phosphoric ester groups is 1. The van der Waals surface area contributed by atoms with Crippen molar-refractivity contribution < 1.29 is 23.3 Å². The number of nitrogens with one attached hydrogen (secondary N) is 1. The summed E-state index contributed by atoms with van der Waals surface area (Å²) in [5, 5.41) is 4.05. The fourth-order valence-corrected chi connectivity index (χ4v) is 4.05. The molecule has 10 nitrogen and oxygen atoms in total. The molecule has 0 spiro atoms. The highest BCUT2D eigenvalue weighted by Gasteiger charge is 2.25. The van der Waals surface area contributed by atoms with Crippen LogP contribution < -0.4 is 14.5 Å². The van der Waals surface area contributed by atoms with Gasteiger partial charge in [-0.3, -0.25) is 14.8 Å². The quantitative estimate of drug-likeness (QED) is 0.224. The third kappa shape index (κ3) is 3.19. The van der Waals surface area contributed by atoms with Crippen LogP contribution >= 0.6 is 7.82 Å². The first-order valence-corrected chi connectivity index (χ1v) is 10.6. The van der Waals surface area contributed by atoms with Gasteiger partial charge in [-0.05, 0) is 41.6 Å². The Labute approximate surface area is 173 Å². The summed E-state index contributed by atoms with van der Waals surface area (Å²) in [5.41, 5.74) is 2.05. The normalized spacial score (nSPS) is 11.9. The molecule has 2 aromatic carbocycles. The third-order valence-corrected chi connectivity index (χ3v) is 5.35. The number of hydrogen-bond donors (Lipinski definition) is 3. The molecule has 0 aliphatic heterocycles. The molecule has 0 atom stereocenters. The van der Waals surface area contributed by atoms with Crippen molar-refractivity contribution in [3.05, 3.63) is 82.1 Å². The van der Waals surface area contributed by atoms with Gasteiger partial charge in [-0.15, -0.1) is 4.91 Å². The first kappa shape index (κ1) is 19.1. The number of hydrogen-bond acceptors (Lipinski definition) is 5. The lowest BCUT2D eigenvalue weighted by molar-refractivity contribution is -0.484. The Balaban J connectivity index is 1.93. The number of pyridine rings is 2. The van der Waals surface area contributed by atoms with Gasteiger partial charge in [-0.2, -0.15) is 8.97 Å². The average Bonchev–Trinajstić information content (AvgIpc) is 3.12. The summed E-state index contributed by atoms with van der Waals surface area (Å²) in [7, 11) is -4.77. The van der Waals surface area contributed by atoms with Crippen molar-refractivity contribution in [3.8, 4) is 11.4 Å². The molecule has 3 N–H and O–H groups in total. The fraction of sp³-hybridized carbons (Fsp3) is 0. The van der Waals surface area contributed by atoms with Crippen LogP contribution in [-0.4, -0.2) is 19.3 Å². The lowest BCUT2D eigenvalue weighted by Crippen LogP contribution is -2.28. The van der Waals surface area contributed by atoms with E-state index in [1.54, 1.807) is 34.7 Å². The first-order valence-electron chi connectivity index (χ1n) is 9.05. The van der Waals surface area contributed by atoms with Crippen LogP contribution in [0.1, 0.15) is 0 Å². The lowest BCUT2D eigenvalue weighted by atomic mass is 10.1. The zero-order valence-electron chi connectivity index (χ0n) is 15.7. The van der Waals surface area contributed by atoms with Gasteiger partial charge in [-0.1, -0.05) is 18.2 Å². The van der Waals surface area contributed by atoms with Crippen molar-refractivity contribution in [3.63, 3.8) is 0 Å². The van der Waals surface area contributed by atoms with E-state index in [1.807, 2.05) is 12.1 Å². The molecule has 0 bridgehead atoms. The van der Waals surface area contributed by atoms with Gasteiger partial charge in [0.2, 0.25) is 5.65 Å². The molecule has 3 aromatic heterocycles. The third-order valence-electron chi connectivity index (χ3n) is 4.91. The Hall–Kier alpha value is -3.85. The minimum absolute atomic E-state index is 0.0700. The van der Waals surface area contributed by atoms with Crippen LogP contribution in [0.3, 0.4) is 0 Å². The minimum Gasteiger partial charge on any atom is -0.401 e. The standard InChI is InChI=1S/C20H13N4O6P/c25-20-16-4-2-1-3-15(16)18-19(24(20)13-7-5-12(22-26)6-8-13)23-11-14(30-31(27,28)29)9-10-17(23)21-18/h1-11H,(H2,27,28,29)/p+1. The van der Waals surface area contributed by atoms with E-state index in [0.29, 0.717) is 33.3 Å². The molecule has 5 rings (SSSR count). The molecule has 154 valence electrons. The van der Waals surface area contributed by atoms with E-state index in [1.165, 1.54) is 29.0 Å². The number of nitroso groups, excluding NO2 is 1.